The molecule has 1 heterocycles. The number of carbonyl (C=O) groups is 1. The number of piperazine rings is 1. The van der Waals surface area contributed by atoms with Gasteiger partial charge in [0.15, 0.2) is 21.4 Å². The summed E-state index contributed by atoms with van der Waals surface area (Å²) in [4.78, 5) is 16.0. The minimum Gasteiger partial charge on any atom is -0.490 e. The zero-order valence-electron chi connectivity index (χ0n) is 18.6. The van der Waals surface area contributed by atoms with E-state index in [4.69, 9.17) is 9.47 Å². The SMILES string of the molecule is CC(CF)OC(=O)N1CCN([C@H]2CC[C@H](COc3ccc(S(C)(=O)=O)cc3F)CC2)CC1. The van der Waals surface area contributed by atoms with Gasteiger partial charge in [0.1, 0.15) is 12.8 Å². The molecule has 1 saturated heterocycles. The normalized spacial score (nSPS) is 23.6. The summed E-state index contributed by atoms with van der Waals surface area (Å²) in [5, 5.41) is 0. The third-order valence-electron chi connectivity index (χ3n) is 6.23. The fraction of sp³-hybridized carbons (Fsp3) is 0.682. The number of alkyl halides is 1. The second-order valence-electron chi connectivity index (χ2n) is 8.72. The molecule has 1 aliphatic heterocycles. The summed E-state index contributed by atoms with van der Waals surface area (Å²) in [7, 11) is -3.45. The monoisotopic (exact) mass is 474 g/mol. The molecule has 2 fully saturated rings. The van der Waals surface area contributed by atoms with Crippen molar-refractivity contribution in [1.82, 2.24) is 9.80 Å². The molecule has 10 heteroatoms. The highest BCUT2D eigenvalue weighted by atomic mass is 32.2. The predicted molar refractivity (Wildman–Crippen MR) is 116 cm³/mol. The molecule has 0 aromatic heterocycles. The van der Waals surface area contributed by atoms with Gasteiger partial charge < -0.3 is 14.4 Å². The van der Waals surface area contributed by atoms with Crippen LogP contribution in [0, 0.1) is 11.7 Å². The van der Waals surface area contributed by atoms with Crippen molar-refractivity contribution in [3.63, 3.8) is 0 Å². The summed E-state index contributed by atoms with van der Waals surface area (Å²) in [6, 6.07) is 4.17. The van der Waals surface area contributed by atoms with Gasteiger partial charge in [0.05, 0.1) is 11.5 Å². The Hall–Kier alpha value is -1.94. The van der Waals surface area contributed by atoms with Crippen LogP contribution in [0.4, 0.5) is 13.6 Å². The zero-order valence-corrected chi connectivity index (χ0v) is 19.5. The Labute approximate surface area is 188 Å². The highest BCUT2D eigenvalue weighted by Crippen LogP contribution is 2.30. The molecule has 2 aliphatic rings. The first-order chi connectivity index (χ1) is 15.2. The maximum atomic E-state index is 14.2. The van der Waals surface area contributed by atoms with E-state index in [2.05, 4.69) is 4.90 Å². The van der Waals surface area contributed by atoms with E-state index >= 15 is 0 Å². The van der Waals surface area contributed by atoms with Gasteiger partial charge in [-0.1, -0.05) is 0 Å². The number of sulfone groups is 1. The fourth-order valence-corrected chi connectivity index (χ4v) is 4.89. The Morgan fingerprint density at radius 3 is 2.38 bits per heavy atom. The summed E-state index contributed by atoms with van der Waals surface area (Å²) in [6.45, 7) is 3.93. The minimum atomic E-state index is -3.45. The Kier molecular flexibility index (Phi) is 8.32. The van der Waals surface area contributed by atoms with Crippen LogP contribution in [0.25, 0.3) is 0 Å². The van der Waals surface area contributed by atoms with E-state index in [1.165, 1.54) is 19.1 Å². The molecule has 1 aliphatic carbocycles. The molecule has 1 atom stereocenters. The third kappa shape index (κ3) is 6.54. The summed E-state index contributed by atoms with van der Waals surface area (Å²) in [6.07, 6.45) is 3.81. The van der Waals surface area contributed by atoms with Gasteiger partial charge in [0, 0.05) is 38.5 Å². The summed E-state index contributed by atoms with van der Waals surface area (Å²) in [5.41, 5.74) is 0. The topological polar surface area (TPSA) is 76.2 Å². The van der Waals surface area contributed by atoms with E-state index < -0.39 is 34.5 Å². The van der Waals surface area contributed by atoms with Crippen LogP contribution in [0.3, 0.4) is 0 Å². The molecule has 0 spiro atoms. The van der Waals surface area contributed by atoms with Crippen LogP contribution in [0.1, 0.15) is 32.6 Å². The van der Waals surface area contributed by atoms with Gasteiger partial charge in [0.25, 0.3) is 0 Å². The van der Waals surface area contributed by atoms with Crippen LogP contribution in [0.5, 0.6) is 5.75 Å². The van der Waals surface area contributed by atoms with Crippen molar-refractivity contribution < 1.29 is 31.5 Å². The molecule has 1 saturated carbocycles. The maximum absolute atomic E-state index is 14.2. The average Bonchev–Trinajstić information content (AvgIpc) is 2.78. The van der Waals surface area contributed by atoms with Crippen molar-refractivity contribution in [3.05, 3.63) is 24.0 Å². The molecule has 0 N–H and O–H groups in total. The Balaban J connectivity index is 1.40. The summed E-state index contributed by atoms with van der Waals surface area (Å²) in [5.74, 6) is -0.276. The van der Waals surface area contributed by atoms with Crippen molar-refractivity contribution in [2.45, 2.75) is 49.6 Å². The van der Waals surface area contributed by atoms with Gasteiger partial charge in [-0.25, -0.2) is 22.0 Å². The largest absolute Gasteiger partial charge is 0.490 e. The Morgan fingerprint density at radius 2 is 1.81 bits per heavy atom. The van der Waals surface area contributed by atoms with E-state index in [0.717, 1.165) is 51.1 Å². The number of ether oxygens (including phenoxy) is 2. The van der Waals surface area contributed by atoms with Gasteiger partial charge in [-0.3, -0.25) is 4.90 Å². The molecule has 1 amide bonds. The maximum Gasteiger partial charge on any atom is 0.410 e. The number of nitrogens with zero attached hydrogens (tertiary/aromatic N) is 2. The lowest BCUT2D eigenvalue weighted by Gasteiger charge is -2.41. The average molecular weight is 475 g/mol. The molecule has 180 valence electrons. The van der Waals surface area contributed by atoms with Crippen molar-refractivity contribution in [1.29, 1.82) is 0 Å². The highest BCUT2D eigenvalue weighted by Gasteiger charge is 2.30. The van der Waals surface area contributed by atoms with Crippen LogP contribution in [-0.4, -0.2) is 82.2 Å². The standard InChI is InChI=1S/C22H32F2N2O5S/c1-16(14-23)31-22(27)26-11-9-25(10-12-26)18-5-3-17(4-6-18)15-30-21-8-7-19(13-20(21)24)32(2,28)29/h7-8,13,16-18H,3-6,9-12,14-15H2,1-2H3/t16?,17-,18-. The lowest BCUT2D eigenvalue weighted by molar-refractivity contribution is 0.0292. The number of rotatable bonds is 7. The summed E-state index contributed by atoms with van der Waals surface area (Å²) >= 11 is 0. The van der Waals surface area contributed by atoms with Crippen LogP contribution >= 0.6 is 0 Å². The minimum absolute atomic E-state index is 0.0619. The van der Waals surface area contributed by atoms with Crippen molar-refractivity contribution in [2.24, 2.45) is 5.92 Å². The van der Waals surface area contributed by atoms with Crippen molar-refractivity contribution >= 4 is 15.9 Å². The van der Waals surface area contributed by atoms with Gasteiger partial charge in [0.2, 0.25) is 0 Å². The van der Waals surface area contributed by atoms with Gasteiger partial charge in [-0.05, 0) is 56.7 Å². The molecule has 3 rings (SSSR count). The molecule has 1 aromatic carbocycles. The first-order valence-corrected chi connectivity index (χ1v) is 12.9. The number of amides is 1. The van der Waals surface area contributed by atoms with Crippen molar-refractivity contribution in [3.8, 4) is 5.75 Å². The highest BCUT2D eigenvalue weighted by molar-refractivity contribution is 7.90. The van der Waals surface area contributed by atoms with E-state index in [1.807, 2.05) is 0 Å². The second-order valence-corrected chi connectivity index (χ2v) is 10.7. The molecule has 1 unspecified atom stereocenters. The van der Waals surface area contributed by atoms with Crippen LogP contribution < -0.4 is 4.74 Å². The Morgan fingerprint density at radius 1 is 1.16 bits per heavy atom. The quantitative estimate of drug-likeness (QED) is 0.604. The molecule has 32 heavy (non-hydrogen) atoms. The van der Waals surface area contributed by atoms with Crippen molar-refractivity contribution in [2.75, 3.05) is 45.7 Å². The van der Waals surface area contributed by atoms with E-state index in [9.17, 15) is 22.0 Å². The number of halogens is 2. The number of carbonyl (C=O) groups excluding carboxylic acids is 1. The van der Waals surface area contributed by atoms with Gasteiger partial charge in [-0.2, -0.15) is 0 Å². The fourth-order valence-electron chi connectivity index (χ4n) is 4.26. The summed E-state index contributed by atoms with van der Waals surface area (Å²) < 4.78 is 60.4. The lowest BCUT2D eigenvalue weighted by Crippen LogP contribution is -2.53. The number of hydrogen-bond donors (Lipinski definition) is 0. The van der Waals surface area contributed by atoms with Crippen LogP contribution in [0.2, 0.25) is 0 Å². The molecular formula is C22H32F2N2O5S. The predicted octanol–water partition coefficient (Wildman–Crippen LogP) is 3.28. The first-order valence-electron chi connectivity index (χ1n) is 11.1. The third-order valence-corrected chi connectivity index (χ3v) is 7.34. The first kappa shape index (κ1) is 24.7. The Bertz CT molecular complexity index is 882. The second kappa shape index (κ2) is 10.8. The molecule has 0 bridgehead atoms. The molecular weight excluding hydrogens is 442 g/mol. The van der Waals surface area contributed by atoms with Crippen LogP contribution in [-0.2, 0) is 14.6 Å². The van der Waals surface area contributed by atoms with E-state index in [1.54, 1.807) is 4.90 Å². The number of benzene rings is 1. The van der Waals surface area contributed by atoms with Gasteiger partial charge >= 0.3 is 6.09 Å². The van der Waals surface area contributed by atoms with Crippen LogP contribution in [0.15, 0.2) is 23.1 Å². The van der Waals surface area contributed by atoms with E-state index in [0.29, 0.717) is 31.7 Å². The lowest BCUT2D eigenvalue weighted by atomic mass is 9.85. The van der Waals surface area contributed by atoms with Gasteiger partial charge in [-0.15, -0.1) is 0 Å². The molecule has 0 radical (unpaired) electrons. The smallest absolute Gasteiger partial charge is 0.410 e. The van der Waals surface area contributed by atoms with E-state index in [-0.39, 0.29) is 10.6 Å². The molecule has 1 aromatic rings. The molecule has 7 nitrogen and oxygen atoms in total. The number of hydrogen-bond acceptors (Lipinski definition) is 6. The zero-order chi connectivity index (χ0) is 23.3.